The Kier molecular flexibility index (Phi) is 4.39. The molecule has 1 spiro atoms. The van der Waals surface area contributed by atoms with Crippen molar-refractivity contribution in [3.8, 4) is 0 Å². The Labute approximate surface area is 141 Å². The van der Waals surface area contributed by atoms with Gasteiger partial charge in [-0.2, -0.15) is 0 Å². The molecule has 0 radical (unpaired) electrons. The van der Waals surface area contributed by atoms with Crippen molar-refractivity contribution in [2.24, 2.45) is 0 Å². The molecule has 7 nitrogen and oxygen atoms in total. The number of rotatable bonds is 3. The number of hydrogen-bond donors (Lipinski definition) is 1. The molecule has 24 heavy (non-hydrogen) atoms. The minimum Gasteiger partial charge on any atom is -0.368 e. The summed E-state index contributed by atoms with van der Waals surface area (Å²) in [5, 5.41) is 2.87. The van der Waals surface area contributed by atoms with E-state index in [4.69, 9.17) is 14.2 Å². The molecule has 1 unspecified atom stereocenters. The molecule has 1 amide bonds. The van der Waals surface area contributed by atoms with E-state index in [9.17, 15) is 4.79 Å². The summed E-state index contributed by atoms with van der Waals surface area (Å²) < 4.78 is 16.9. The van der Waals surface area contributed by atoms with Gasteiger partial charge < -0.3 is 24.4 Å². The quantitative estimate of drug-likeness (QED) is 0.905. The third-order valence-electron chi connectivity index (χ3n) is 4.90. The first-order valence-electron chi connectivity index (χ1n) is 8.66. The molecule has 130 valence electrons. The van der Waals surface area contributed by atoms with Gasteiger partial charge in [-0.3, -0.25) is 4.79 Å². The third-order valence-corrected chi connectivity index (χ3v) is 4.90. The minimum absolute atomic E-state index is 0.0857. The van der Waals surface area contributed by atoms with Crippen molar-refractivity contribution in [1.82, 2.24) is 4.98 Å². The fraction of sp³-hybridized carbons (Fsp3) is 0.647. The van der Waals surface area contributed by atoms with E-state index in [1.807, 2.05) is 12.1 Å². The van der Waals surface area contributed by atoms with Gasteiger partial charge in [0.05, 0.1) is 25.1 Å². The second-order valence-electron chi connectivity index (χ2n) is 6.49. The maximum atomic E-state index is 12.0. The lowest BCUT2D eigenvalue weighted by molar-refractivity contribution is -0.169. The molecule has 4 rings (SSSR count). The summed E-state index contributed by atoms with van der Waals surface area (Å²) in [4.78, 5) is 18.8. The van der Waals surface area contributed by atoms with Crippen molar-refractivity contribution < 1.29 is 19.0 Å². The van der Waals surface area contributed by atoms with Crippen molar-refractivity contribution in [1.29, 1.82) is 0 Å². The minimum atomic E-state index is -0.369. The first kappa shape index (κ1) is 15.8. The second kappa shape index (κ2) is 6.66. The zero-order valence-corrected chi connectivity index (χ0v) is 13.7. The maximum Gasteiger partial charge on any atom is 0.253 e. The number of anilines is 2. The molecule has 1 N–H and O–H groups in total. The topological polar surface area (TPSA) is 72.9 Å². The van der Waals surface area contributed by atoms with Crippen molar-refractivity contribution in [2.75, 3.05) is 43.1 Å². The summed E-state index contributed by atoms with van der Waals surface area (Å²) in [6.07, 6.45) is 4.82. The van der Waals surface area contributed by atoms with Gasteiger partial charge in [0.2, 0.25) is 0 Å². The molecule has 1 aromatic rings. The van der Waals surface area contributed by atoms with Crippen LogP contribution in [0.1, 0.15) is 25.7 Å². The van der Waals surface area contributed by atoms with Crippen LogP contribution in [0.25, 0.3) is 0 Å². The Morgan fingerprint density at radius 1 is 1.21 bits per heavy atom. The number of aromatic nitrogens is 1. The summed E-state index contributed by atoms with van der Waals surface area (Å²) in [5.74, 6) is 0.460. The summed E-state index contributed by atoms with van der Waals surface area (Å²) in [5.41, 5.74) is 0.704. The molecular weight excluding hydrogens is 310 g/mol. The van der Waals surface area contributed by atoms with Gasteiger partial charge in [0.1, 0.15) is 11.9 Å². The fourth-order valence-corrected chi connectivity index (χ4v) is 3.52. The normalized spacial score (nSPS) is 26.0. The van der Waals surface area contributed by atoms with E-state index >= 15 is 0 Å². The Morgan fingerprint density at radius 3 is 2.62 bits per heavy atom. The van der Waals surface area contributed by atoms with E-state index in [0.717, 1.165) is 44.6 Å². The predicted octanol–water partition coefficient (Wildman–Crippen LogP) is 1.54. The monoisotopic (exact) mass is 333 g/mol. The van der Waals surface area contributed by atoms with Gasteiger partial charge >= 0.3 is 0 Å². The molecule has 0 bridgehead atoms. The number of nitrogens with one attached hydrogen (secondary N) is 1. The molecule has 7 heteroatoms. The smallest absolute Gasteiger partial charge is 0.253 e. The van der Waals surface area contributed by atoms with Crippen molar-refractivity contribution in [3.63, 3.8) is 0 Å². The lowest BCUT2D eigenvalue weighted by Crippen LogP contribution is -2.45. The average Bonchev–Trinajstić information content (AvgIpc) is 3.29. The van der Waals surface area contributed by atoms with E-state index in [-0.39, 0.29) is 17.8 Å². The fourth-order valence-electron chi connectivity index (χ4n) is 3.52. The van der Waals surface area contributed by atoms with Crippen LogP contribution in [0.3, 0.4) is 0 Å². The zero-order chi connectivity index (χ0) is 16.4. The van der Waals surface area contributed by atoms with E-state index in [2.05, 4.69) is 15.2 Å². The number of carbonyl (C=O) groups excluding carboxylic acids is 1. The summed E-state index contributed by atoms with van der Waals surface area (Å²) in [6.45, 7) is 3.76. The van der Waals surface area contributed by atoms with Crippen LogP contribution in [-0.4, -0.2) is 55.7 Å². The Bertz CT molecular complexity index is 570. The van der Waals surface area contributed by atoms with Gasteiger partial charge in [0.15, 0.2) is 5.79 Å². The Morgan fingerprint density at radius 2 is 2.00 bits per heavy atom. The van der Waals surface area contributed by atoms with E-state index < -0.39 is 0 Å². The molecule has 1 atom stereocenters. The van der Waals surface area contributed by atoms with Crippen LogP contribution >= 0.6 is 0 Å². The molecule has 0 aliphatic carbocycles. The largest absolute Gasteiger partial charge is 0.368 e. The van der Waals surface area contributed by atoms with Gasteiger partial charge in [-0.15, -0.1) is 0 Å². The first-order valence-corrected chi connectivity index (χ1v) is 8.66. The van der Waals surface area contributed by atoms with E-state index in [0.29, 0.717) is 25.5 Å². The van der Waals surface area contributed by atoms with Gasteiger partial charge in [0, 0.05) is 32.5 Å². The number of pyridine rings is 1. The molecule has 3 fully saturated rings. The average molecular weight is 333 g/mol. The summed E-state index contributed by atoms with van der Waals surface area (Å²) in [6, 6.07) is 3.83. The summed E-state index contributed by atoms with van der Waals surface area (Å²) in [7, 11) is 0. The number of carbonyl (C=O) groups is 1. The number of ether oxygens (including phenoxy) is 3. The maximum absolute atomic E-state index is 12.0. The van der Waals surface area contributed by atoms with E-state index in [1.165, 1.54) is 0 Å². The highest BCUT2D eigenvalue weighted by atomic mass is 16.7. The van der Waals surface area contributed by atoms with Crippen LogP contribution in [-0.2, 0) is 19.0 Å². The predicted molar refractivity (Wildman–Crippen MR) is 87.9 cm³/mol. The number of nitrogens with zero attached hydrogens (tertiary/aromatic N) is 2. The SMILES string of the molecule is O=C(Nc1ccc(N2CCC3(CC2)OCCO3)nc1)C1CCCO1. The van der Waals surface area contributed by atoms with Crippen LogP contribution in [0.2, 0.25) is 0 Å². The molecule has 3 aliphatic rings. The Balaban J connectivity index is 1.33. The first-order chi connectivity index (χ1) is 11.7. The molecule has 3 saturated heterocycles. The van der Waals surface area contributed by atoms with Crippen LogP contribution in [0.15, 0.2) is 18.3 Å². The lowest BCUT2D eigenvalue weighted by Gasteiger charge is -2.38. The highest BCUT2D eigenvalue weighted by molar-refractivity contribution is 5.94. The number of amides is 1. The van der Waals surface area contributed by atoms with Crippen LogP contribution in [0, 0.1) is 0 Å². The second-order valence-corrected chi connectivity index (χ2v) is 6.49. The van der Waals surface area contributed by atoms with Crippen molar-refractivity contribution in [2.45, 2.75) is 37.6 Å². The molecule has 3 aliphatic heterocycles. The molecular formula is C17H23N3O4. The highest BCUT2D eigenvalue weighted by Crippen LogP contribution is 2.32. The molecule has 0 aromatic carbocycles. The van der Waals surface area contributed by atoms with Crippen LogP contribution in [0.4, 0.5) is 11.5 Å². The van der Waals surface area contributed by atoms with Crippen LogP contribution in [0.5, 0.6) is 0 Å². The van der Waals surface area contributed by atoms with Gasteiger partial charge in [-0.05, 0) is 25.0 Å². The number of hydrogen-bond acceptors (Lipinski definition) is 6. The molecule has 4 heterocycles. The number of piperidine rings is 1. The van der Waals surface area contributed by atoms with Crippen molar-refractivity contribution in [3.05, 3.63) is 18.3 Å². The summed E-state index contributed by atoms with van der Waals surface area (Å²) >= 11 is 0. The molecule has 1 aromatic heterocycles. The van der Waals surface area contributed by atoms with E-state index in [1.54, 1.807) is 6.20 Å². The Hall–Kier alpha value is -1.70. The van der Waals surface area contributed by atoms with Crippen LogP contribution < -0.4 is 10.2 Å². The third kappa shape index (κ3) is 3.24. The highest BCUT2D eigenvalue weighted by Gasteiger charge is 2.40. The van der Waals surface area contributed by atoms with Crippen molar-refractivity contribution >= 4 is 17.4 Å². The van der Waals surface area contributed by atoms with Gasteiger partial charge in [-0.25, -0.2) is 4.98 Å². The van der Waals surface area contributed by atoms with Gasteiger partial charge in [-0.1, -0.05) is 0 Å². The molecule has 0 saturated carbocycles. The standard InChI is InChI=1S/C17H23N3O4/c21-16(14-2-1-9-22-14)19-13-3-4-15(18-12-13)20-7-5-17(6-8-20)23-10-11-24-17/h3-4,12,14H,1-2,5-11H2,(H,19,21). The lowest BCUT2D eigenvalue weighted by atomic mass is 10.0. The van der Waals surface area contributed by atoms with Gasteiger partial charge in [0.25, 0.3) is 5.91 Å². The zero-order valence-electron chi connectivity index (χ0n) is 13.7.